The van der Waals surface area contributed by atoms with Crippen LogP contribution in [0.5, 0.6) is 0 Å². The lowest BCUT2D eigenvalue weighted by Crippen LogP contribution is -2.28. The van der Waals surface area contributed by atoms with E-state index in [4.69, 9.17) is 18.9 Å². The van der Waals surface area contributed by atoms with E-state index in [-0.39, 0.29) is 30.7 Å². The van der Waals surface area contributed by atoms with E-state index in [0.29, 0.717) is 24.0 Å². The van der Waals surface area contributed by atoms with Crippen LogP contribution in [0.1, 0.15) is 84.0 Å². The first-order valence-corrected chi connectivity index (χ1v) is 12.5. The molecule has 4 fully saturated rings. The summed E-state index contributed by atoms with van der Waals surface area (Å²) in [4.78, 5) is 12.1. The van der Waals surface area contributed by atoms with Crippen LogP contribution in [0.2, 0.25) is 0 Å². The van der Waals surface area contributed by atoms with Crippen molar-refractivity contribution in [2.75, 3.05) is 13.2 Å². The maximum absolute atomic E-state index is 12.1. The van der Waals surface area contributed by atoms with Crippen LogP contribution in [0.15, 0.2) is 12.2 Å². The molecule has 0 spiro atoms. The summed E-state index contributed by atoms with van der Waals surface area (Å²) < 4.78 is 24.3. The van der Waals surface area contributed by atoms with Crippen molar-refractivity contribution in [3.63, 3.8) is 0 Å². The number of Topliss-reactive ketones (excluding diaryl/α,β-unsaturated/α-hetero) is 1. The lowest BCUT2D eigenvalue weighted by atomic mass is 9.90. The highest BCUT2D eigenvalue weighted by atomic mass is 16.7. The first-order valence-electron chi connectivity index (χ1n) is 12.5. The van der Waals surface area contributed by atoms with Gasteiger partial charge in [-0.15, -0.1) is 0 Å². The fourth-order valence-electron chi connectivity index (χ4n) is 5.73. The van der Waals surface area contributed by atoms with Gasteiger partial charge in [-0.05, 0) is 50.4 Å². The molecule has 0 aromatic heterocycles. The van der Waals surface area contributed by atoms with Crippen molar-refractivity contribution < 1.29 is 23.7 Å². The molecular formula is C25H40O5. The third-order valence-corrected chi connectivity index (χ3v) is 7.34. The summed E-state index contributed by atoms with van der Waals surface area (Å²) in [7, 11) is 0. The molecule has 30 heavy (non-hydrogen) atoms. The first kappa shape index (κ1) is 22.4. The minimum Gasteiger partial charge on any atom is -0.353 e. The van der Waals surface area contributed by atoms with Gasteiger partial charge >= 0.3 is 0 Å². The third kappa shape index (κ3) is 5.93. The van der Waals surface area contributed by atoms with Crippen LogP contribution in [0.25, 0.3) is 0 Å². The van der Waals surface area contributed by atoms with E-state index in [1.54, 1.807) is 0 Å². The topological polar surface area (TPSA) is 54.0 Å². The Balaban J connectivity index is 1.41. The van der Waals surface area contributed by atoms with Crippen molar-refractivity contribution in [1.29, 1.82) is 0 Å². The fourth-order valence-corrected chi connectivity index (χ4v) is 5.73. The molecule has 2 aliphatic heterocycles. The molecule has 0 aromatic rings. The third-order valence-electron chi connectivity index (χ3n) is 7.34. The number of ketones is 1. The summed E-state index contributed by atoms with van der Waals surface area (Å²) in [6.07, 6.45) is 17.1. The summed E-state index contributed by atoms with van der Waals surface area (Å²) in [6, 6.07) is 0. The molecule has 2 unspecified atom stereocenters. The van der Waals surface area contributed by atoms with Crippen molar-refractivity contribution in [3.05, 3.63) is 12.2 Å². The highest BCUT2D eigenvalue weighted by molar-refractivity contribution is 5.81. The van der Waals surface area contributed by atoms with E-state index in [0.717, 1.165) is 58.2 Å². The summed E-state index contributed by atoms with van der Waals surface area (Å²) in [6.45, 7) is 3.85. The lowest BCUT2D eigenvalue weighted by molar-refractivity contribution is -0.179. The van der Waals surface area contributed by atoms with Crippen molar-refractivity contribution in [3.8, 4) is 0 Å². The van der Waals surface area contributed by atoms with E-state index in [2.05, 4.69) is 19.1 Å². The molecule has 5 heteroatoms. The van der Waals surface area contributed by atoms with E-state index in [9.17, 15) is 4.79 Å². The monoisotopic (exact) mass is 420 g/mol. The van der Waals surface area contributed by atoms with E-state index in [1.165, 1.54) is 25.7 Å². The molecule has 0 amide bonds. The number of hydrogen-bond donors (Lipinski definition) is 0. The maximum atomic E-state index is 12.1. The van der Waals surface area contributed by atoms with Gasteiger partial charge in [0.1, 0.15) is 5.78 Å². The molecule has 5 nitrogen and oxygen atoms in total. The van der Waals surface area contributed by atoms with Crippen LogP contribution in [-0.4, -0.2) is 43.8 Å². The Kier molecular flexibility index (Phi) is 8.39. The minimum atomic E-state index is -0.0710. The SMILES string of the molecule is CCCCC[C@@H](C=C[C@@H]1[C@H]2CC(=O)C[C@@H]2C[C@H]1OC1CCCO1)OC1CCCCO1. The van der Waals surface area contributed by atoms with Gasteiger partial charge in [-0.3, -0.25) is 4.79 Å². The van der Waals surface area contributed by atoms with Gasteiger partial charge in [0.15, 0.2) is 12.6 Å². The summed E-state index contributed by atoms with van der Waals surface area (Å²) in [5.41, 5.74) is 0. The Bertz CT molecular complexity index is 564. The molecule has 2 aliphatic carbocycles. The molecule has 2 saturated carbocycles. The van der Waals surface area contributed by atoms with Gasteiger partial charge in [-0.2, -0.15) is 0 Å². The Hall–Kier alpha value is -0.750. The van der Waals surface area contributed by atoms with Gasteiger partial charge in [-0.25, -0.2) is 0 Å². The number of carbonyl (C=O) groups is 1. The minimum absolute atomic E-state index is 0.0623. The zero-order valence-electron chi connectivity index (χ0n) is 18.6. The molecule has 4 rings (SSSR count). The Morgan fingerprint density at radius 2 is 1.90 bits per heavy atom. The van der Waals surface area contributed by atoms with Crippen molar-refractivity contribution in [2.24, 2.45) is 17.8 Å². The van der Waals surface area contributed by atoms with E-state index < -0.39 is 0 Å². The number of carbonyl (C=O) groups excluding carboxylic acids is 1. The molecule has 0 radical (unpaired) electrons. The quantitative estimate of drug-likeness (QED) is 0.360. The molecule has 0 N–H and O–H groups in total. The van der Waals surface area contributed by atoms with Crippen molar-refractivity contribution in [2.45, 2.75) is 109 Å². The largest absolute Gasteiger partial charge is 0.353 e. The van der Waals surface area contributed by atoms with Crippen molar-refractivity contribution in [1.82, 2.24) is 0 Å². The zero-order valence-corrected chi connectivity index (χ0v) is 18.6. The smallest absolute Gasteiger partial charge is 0.158 e. The van der Waals surface area contributed by atoms with Gasteiger partial charge < -0.3 is 18.9 Å². The van der Waals surface area contributed by atoms with Gasteiger partial charge in [0.05, 0.1) is 12.2 Å². The second-order valence-electron chi connectivity index (χ2n) is 9.65. The highest BCUT2D eigenvalue weighted by Crippen LogP contribution is 2.48. The lowest BCUT2D eigenvalue weighted by Gasteiger charge is -2.28. The standard InChI is InChI=1S/C25H40O5/c1-2-3-4-8-20(29-24-9-5-6-13-27-24)11-12-21-22-17-19(26)15-18(22)16-23(21)30-25-10-7-14-28-25/h11-12,18,20-25H,2-10,13-17H2,1H3/t18-,20+,21-,22+,23-,24?,25?/m1/s1. The summed E-state index contributed by atoms with van der Waals surface area (Å²) in [5.74, 6) is 1.60. The molecule has 170 valence electrons. The number of ether oxygens (including phenoxy) is 4. The maximum Gasteiger partial charge on any atom is 0.158 e. The second-order valence-corrected chi connectivity index (χ2v) is 9.65. The predicted molar refractivity (Wildman–Crippen MR) is 115 cm³/mol. The van der Waals surface area contributed by atoms with Crippen LogP contribution >= 0.6 is 0 Å². The molecule has 4 aliphatic rings. The zero-order chi connectivity index (χ0) is 20.8. The highest BCUT2D eigenvalue weighted by Gasteiger charge is 2.48. The number of fused-ring (bicyclic) bond motifs is 1. The van der Waals surface area contributed by atoms with Gasteiger partial charge in [0, 0.05) is 38.4 Å². The average Bonchev–Trinajstić information content (AvgIpc) is 3.45. The number of hydrogen-bond acceptors (Lipinski definition) is 5. The predicted octanol–water partition coefficient (Wildman–Crippen LogP) is 5.17. The van der Waals surface area contributed by atoms with Crippen LogP contribution in [0.3, 0.4) is 0 Å². The van der Waals surface area contributed by atoms with Gasteiger partial charge in [0.25, 0.3) is 0 Å². The Labute approximate surface area is 181 Å². The Morgan fingerprint density at radius 3 is 2.67 bits per heavy atom. The molecule has 7 atom stereocenters. The van der Waals surface area contributed by atoms with E-state index >= 15 is 0 Å². The fraction of sp³-hybridized carbons (Fsp3) is 0.880. The normalized spacial score (nSPS) is 37.8. The summed E-state index contributed by atoms with van der Waals surface area (Å²) in [5, 5.41) is 0. The van der Waals surface area contributed by atoms with Crippen LogP contribution in [-0.2, 0) is 23.7 Å². The Morgan fingerprint density at radius 1 is 1.07 bits per heavy atom. The molecular weight excluding hydrogens is 380 g/mol. The average molecular weight is 421 g/mol. The van der Waals surface area contributed by atoms with E-state index in [1.807, 2.05) is 0 Å². The van der Waals surface area contributed by atoms with Gasteiger partial charge in [0.2, 0.25) is 0 Å². The molecule has 0 aromatic carbocycles. The number of unbranched alkanes of at least 4 members (excludes halogenated alkanes) is 2. The first-order chi connectivity index (χ1) is 14.7. The van der Waals surface area contributed by atoms with Crippen molar-refractivity contribution >= 4 is 5.78 Å². The molecule has 0 bridgehead atoms. The van der Waals surface area contributed by atoms with Gasteiger partial charge in [-0.1, -0.05) is 38.3 Å². The molecule has 2 heterocycles. The van der Waals surface area contributed by atoms with Crippen LogP contribution in [0.4, 0.5) is 0 Å². The molecule has 2 saturated heterocycles. The second kappa shape index (κ2) is 11.2. The van der Waals surface area contributed by atoms with Crippen LogP contribution in [0, 0.1) is 17.8 Å². The van der Waals surface area contributed by atoms with Crippen LogP contribution < -0.4 is 0 Å². The number of rotatable bonds is 10. The summed E-state index contributed by atoms with van der Waals surface area (Å²) >= 11 is 0.